The van der Waals surface area contributed by atoms with E-state index in [-0.39, 0.29) is 36.6 Å². The fourth-order valence-corrected chi connectivity index (χ4v) is 2.62. The molecule has 0 aliphatic carbocycles. The number of ether oxygens (including phenoxy) is 1. The van der Waals surface area contributed by atoms with Gasteiger partial charge < -0.3 is 4.74 Å². The van der Waals surface area contributed by atoms with Crippen LogP contribution in [0.3, 0.4) is 0 Å². The number of carbonyl (C=O) groups is 3. The average molecular weight is 383 g/mol. The maximum Gasteiger partial charge on any atom is 0.141 e. The Bertz CT molecular complexity index is 488. The molecule has 0 spiro atoms. The summed E-state index contributed by atoms with van der Waals surface area (Å²) in [5.41, 5.74) is -3.42. The molecular formula is C23H42O4. The van der Waals surface area contributed by atoms with Gasteiger partial charge in [-0.25, -0.2) is 0 Å². The van der Waals surface area contributed by atoms with E-state index in [9.17, 15) is 14.4 Å². The molecular weight excluding hydrogens is 340 g/mol. The molecule has 0 fully saturated rings. The summed E-state index contributed by atoms with van der Waals surface area (Å²) in [4.78, 5) is 38.8. The highest BCUT2D eigenvalue weighted by molar-refractivity contribution is 5.91. The zero-order valence-corrected chi connectivity index (χ0v) is 19.8. The first-order valence-electron chi connectivity index (χ1n) is 9.89. The number of ketones is 3. The summed E-state index contributed by atoms with van der Waals surface area (Å²) in [6.07, 6.45) is 0.159. The Morgan fingerprint density at radius 3 is 0.889 bits per heavy atom. The Morgan fingerprint density at radius 2 is 0.741 bits per heavy atom. The summed E-state index contributed by atoms with van der Waals surface area (Å²) in [6, 6.07) is 0. The van der Waals surface area contributed by atoms with E-state index < -0.39 is 27.4 Å². The van der Waals surface area contributed by atoms with Crippen molar-refractivity contribution in [1.82, 2.24) is 0 Å². The summed E-state index contributed by atoms with van der Waals surface area (Å²) in [7, 11) is 0. The molecule has 0 bridgehead atoms. The van der Waals surface area contributed by atoms with E-state index in [0.29, 0.717) is 0 Å². The number of hydrogen-bond acceptors (Lipinski definition) is 4. The zero-order valence-electron chi connectivity index (χ0n) is 19.8. The van der Waals surface area contributed by atoms with E-state index in [2.05, 4.69) is 0 Å². The molecule has 4 nitrogen and oxygen atoms in total. The molecule has 0 radical (unpaired) electrons. The van der Waals surface area contributed by atoms with Crippen molar-refractivity contribution in [2.45, 2.75) is 114 Å². The van der Waals surface area contributed by atoms with Crippen LogP contribution in [0.5, 0.6) is 0 Å². The number of carbonyl (C=O) groups excluding carboxylic acids is 3. The molecule has 158 valence electrons. The van der Waals surface area contributed by atoms with Gasteiger partial charge in [0, 0.05) is 35.5 Å². The molecule has 0 atom stereocenters. The van der Waals surface area contributed by atoms with E-state index in [4.69, 9.17) is 4.74 Å². The first kappa shape index (κ1) is 26.0. The first-order chi connectivity index (χ1) is 11.6. The fourth-order valence-electron chi connectivity index (χ4n) is 2.62. The lowest BCUT2D eigenvalue weighted by Crippen LogP contribution is -2.49. The van der Waals surface area contributed by atoms with E-state index in [1.807, 2.05) is 83.1 Å². The van der Waals surface area contributed by atoms with Crippen LogP contribution in [0.15, 0.2) is 0 Å². The normalized spacial score (nSPS) is 14.2. The topological polar surface area (TPSA) is 60.4 Å². The van der Waals surface area contributed by atoms with Crippen LogP contribution in [-0.2, 0) is 19.1 Å². The minimum absolute atomic E-state index is 0.00447. The predicted molar refractivity (Wildman–Crippen MR) is 111 cm³/mol. The summed E-state index contributed by atoms with van der Waals surface area (Å²) in [5.74, 6) is -0.0134. The molecule has 0 aliphatic heterocycles. The third-order valence-electron chi connectivity index (χ3n) is 4.48. The summed E-state index contributed by atoms with van der Waals surface area (Å²) in [6.45, 7) is 22.4. The van der Waals surface area contributed by atoms with Crippen LogP contribution < -0.4 is 0 Å². The Morgan fingerprint density at radius 1 is 0.519 bits per heavy atom. The summed E-state index contributed by atoms with van der Waals surface area (Å²) >= 11 is 0. The van der Waals surface area contributed by atoms with Gasteiger partial charge in [-0.1, -0.05) is 62.3 Å². The molecule has 0 N–H and O–H groups in total. The van der Waals surface area contributed by atoms with Crippen LogP contribution in [-0.4, -0.2) is 28.6 Å². The van der Waals surface area contributed by atoms with Crippen LogP contribution in [0.4, 0.5) is 0 Å². The lowest BCUT2D eigenvalue weighted by Gasteiger charge is -2.42. The van der Waals surface area contributed by atoms with Crippen molar-refractivity contribution in [2.75, 3.05) is 0 Å². The number of Topliss-reactive ketones (excluding diaryl/α,β-unsaturated/α-hetero) is 3. The molecule has 0 aromatic carbocycles. The second kappa shape index (κ2) is 8.14. The summed E-state index contributed by atoms with van der Waals surface area (Å²) < 4.78 is 6.36. The van der Waals surface area contributed by atoms with Crippen molar-refractivity contribution in [3.05, 3.63) is 0 Å². The smallest absolute Gasteiger partial charge is 0.141 e. The van der Waals surface area contributed by atoms with Crippen LogP contribution in [0.25, 0.3) is 0 Å². The fraction of sp³-hybridized carbons (Fsp3) is 0.870. The van der Waals surface area contributed by atoms with Crippen LogP contribution >= 0.6 is 0 Å². The van der Waals surface area contributed by atoms with Gasteiger partial charge in [0.1, 0.15) is 17.3 Å². The molecule has 0 rings (SSSR count). The maximum atomic E-state index is 12.9. The minimum atomic E-state index is -1.13. The largest absolute Gasteiger partial charge is 0.368 e. The number of hydrogen-bond donors (Lipinski definition) is 0. The Kier molecular flexibility index (Phi) is 7.83. The van der Waals surface area contributed by atoms with Gasteiger partial charge in [0.25, 0.3) is 0 Å². The molecule has 0 saturated carbocycles. The third-order valence-corrected chi connectivity index (χ3v) is 4.48. The van der Waals surface area contributed by atoms with E-state index in [1.165, 1.54) is 0 Å². The van der Waals surface area contributed by atoms with Gasteiger partial charge in [0.15, 0.2) is 0 Å². The maximum absolute atomic E-state index is 12.9. The van der Waals surface area contributed by atoms with Crippen molar-refractivity contribution in [3.8, 4) is 0 Å². The van der Waals surface area contributed by atoms with Crippen molar-refractivity contribution >= 4 is 17.3 Å². The average Bonchev–Trinajstić information content (AvgIpc) is 2.32. The first-order valence-corrected chi connectivity index (χ1v) is 9.89. The highest BCUT2D eigenvalue weighted by atomic mass is 16.5. The van der Waals surface area contributed by atoms with E-state index in [0.717, 1.165) is 0 Å². The van der Waals surface area contributed by atoms with Crippen molar-refractivity contribution in [2.24, 2.45) is 16.2 Å². The van der Waals surface area contributed by atoms with Crippen molar-refractivity contribution in [1.29, 1.82) is 0 Å². The standard InChI is InChI=1S/C23H42O4/c1-19(2,3)16(24)13-23(27-22(10,11)12,14-17(25)20(4,5)6)15-18(26)21(7,8)9/h13-15H2,1-12H3. The molecule has 0 aromatic heterocycles. The highest BCUT2D eigenvalue weighted by Gasteiger charge is 2.46. The lowest BCUT2D eigenvalue weighted by atomic mass is 9.73. The van der Waals surface area contributed by atoms with Gasteiger partial charge in [-0.15, -0.1) is 0 Å². The molecule has 27 heavy (non-hydrogen) atoms. The monoisotopic (exact) mass is 382 g/mol. The van der Waals surface area contributed by atoms with Gasteiger partial charge in [-0.3, -0.25) is 14.4 Å². The van der Waals surface area contributed by atoms with Crippen LogP contribution in [0, 0.1) is 16.2 Å². The quantitative estimate of drug-likeness (QED) is 0.578. The predicted octanol–water partition coefficient (Wildman–Crippen LogP) is 5.56. The van der Waals surface area contributed by atoms with Gasteiger partial charge in [0.05, 0.1) is 11.2 Å². The van der Waals surface area contributed by atoms with Gasteiger partial charge in [-0.2, -0.15) is 0 Å². The molecule has 0 saturated heterocycles. The molecule has 0 heterocycles. The highest BCUT2D eigenvalue weighted by Crippen LogP contribution is 2.38. The third kappa shape index (κ3) is 9.14. The van der Waals surface area contributed by atoms with Crippen LogP contribution in [0.1, 0.15) is 102 Å². The molecule has 0 unspecified atom stereocenters. The van der Waals surface area contributed by atoms with Gasteiger partial charge in [0.2, 0.25) is 0 Å². The number of rotatable bonds is 7. The van der Waals surface area contributed by atoms with Gasteiger partial charge in [-0.05, 0) is 20.8 Å². The van der Waals surface area contributed by atoms with Crippen molar-refractivity contribution in [3.63, 3.8) is 0 Å². The molecule has 0 aromatic rings. The minimum Gasteiger partial charge on any atom is -0.368 e. The molecule has 4 heteroatoms. The Labute approximate surface area is 166 Å². The van der Waals surface area contributed by atoms with Crippen LogP contribution in [0.2, 0.25) is 0 Å². The Hall–Kier alpha value is -1.03. The molecule has 0 aliphatic rings. The summed E-state index contributed by atoms with van der Waals surface area (Å²) in [5, 5.41) is 0. The van der Waals surface area contributed by atoms with E-state index in [1.54, 1.807) is 0 Å². The SMILES string of the molecule is CC(C)(C)OC(CC(=O)C(C)(C)C)(CC(=O)C(C)(C)C)CC(=O)C(C)(C)C. The van der Waals surface area contributed by atoms with Gasteiger partial charge >= 0.3 is 0 Å². The van der Waals surface area contributed by atoms with E-state index >= 15 is 0 Å². The Balaban J connectivity index is 6.23. The van der Waals surface area contributed by atoms with Crippen molar-refractivity contribution < 1.29 is 19.1 Å². The second-order valence-electron chi connectivity index (χ2n) is 11.9. The second-order valence-corrected chi connectivity index (χ2v) is 11.9. The molecule has 0 amide bonds. The lowest BCUT2D eigenvalue weighted by molar-refractivity contribution is -0.169. The zero-order chi connectivity index (χ0) is 22.1.